The number of rotatable bonds is 4. The predicted molar refractivity (Wildman–Crippen MR) is 138 cm³/mol. The molecule has 1 atom stereocenters. The molecule has 35 heavy (non-hydrogen) atoms. The smallest absolute Gasteiger partial charge is 0.274 e. The first-order valence-electron chi connectivity index (χ1n) is 13.3. The summed E-state index contributed by atoms with van der Waals surface area (Å²) in [6.07, 6.45) is 7.80. The number of likely N-dealkylation sites (tertiary alicyclic amines) is 1. The second-order valence-corrected chi connectivity index (χ2v) is 10.7. The summed E-state index contributed by atoms with van der Waals surface area (Å²) >= 11 is 0. The van der Waals surface area contributed by atoms with Crippen LogP contribution in [-0.2, 0) is 39.3 Å². The highest BCUT2D eigenvalue weighted by Gasteiger charge is 2.34. The topological polar surface area (TPSA) is 41.4 Å². The Morgan fingerprint density at radius 1 is 0.914 bits per heavy atom. The predicted octanol–water partition coefficient (Wildman–Crippen LogP) is 4.43. The number of fused-ring (bicyclic) bond motifs is 2. The van der Waals surface area contributed by atoms with Crippen molar-refractivity contribution in [2.24, 2.45) is 13.0 Å². The summed E-state index contributed by atoms with van der Waals surface area (Å²) in [6.45, 7) is 3.81. The first-order chi connectivity index (χ1) is 17.2. The second kappa shape index (κ2) is 9.62. The normalized spacial score (nSPS) is 20.9. The van der Waals surface area contributed by atoms with Gasteiger partial charge < -0.3 is 9.80 Å². The Morgan fingerprint density at radius 3 is 2.46 bits per heavy atom. The standard InChI is InChI=1S/C30H36N4O/c1-32-28-12-11-26(33-16-13-23(14-17-33)19-22-7-3-2-4-8-22)20-27(28)29(31-32)30(35)34-18-15-24-9-5-6-10-25(24)21-34/h2-10,23,26H,11-21H2,1H3. The molecule has 0 saturated carbocycles. The van der Waals surface area contributed by atoms with E-state index in [1.54, 1.807) is 0 Å². The van der Waals surface area contributed by atoms with Crippen LogP contribution in [-0.4, -0.2) is 51.2 Å². The van der Waals surface area contributed by atoms with Crippen molar-refractivity contribution in [1.82, 2.24) is 19.6 Å². The molecule has 182 valence electrons. The molecule has 5 heteroatoms. The van der Waals surface area contributed by atoms with E-state index in [0.717, 1.165) is 31.7 Å². The van der Waals surface area contributed by atoms with E-state index < -0.39 is 0 Å². The molecular weight excluding hydrogens is 432 g/mol. The van der Waals surface area contributed by atoms with Crippen LogP contribution in [0, 0.1) is 5.92 Å². The van der Waals surface area contributed by atoms with E-state index in [9.17, 15) is 4.79 Å². The quantitative estimate of drug-likeness (QED) is 0.569. The molecule has 5 nitrogen and oxygen atoms in total. The lowest BCUT2D eigenvalue weighted by Gasteiger charge is -2.39. The minimum Gasteiger partial charge on any atom is -0.333 e. The van der Waals surface area contributed by atoms with Crippen molar-refractivity contribution >= 4 is 5.91 Å². The molecule has 3 aromatic rings. The Bertz CT molecular complexity index is 1190. The van der Waals surface area contributed by atoms with E-state index in [4.69, 9.17) is 5.10 Å². The van der Waals surface area contributed by atoms with Crippen LogP contribution < -0.4 is 0 Å². The molecule has 1 fully saturated rings. The number of aryl methyl sites for hydroxylation is 1. The van der Waals surface area contributed by atoms with Gasteiger partial charge in [0.1, 0.15) is 0 Å². The summed E-state index contributed by atoms with van der Waals surface area (Å²) in [5.74, 6) is 0.892. The lowest BCUT2D eigenvalue weighted by molar-refractivity contribution is 0.0725. The van der Waals surface area contributed by atoms with Crippen molar-refractivity contribution in [3.05, 3.63) is 88.2 Å². The molecule has 6 rings (SSSR count). The molecule has 3 heterocycles. The maximum Gasteiger partial charge on any atom is 0.274 e. The average Bonchev–Trinajstić information content (AvgIpc) is 3.24. The van der Waals surface area contributed by atoms with Gasteiger partial charge in [-0.05, 0) is 80.6 Å². The number of amides is 1. The van der Waals surface area contributed by atoms with Gasteiger partial charge in [-0.2, -0.15) is 5.10 Å². The van der Waals surface area contributed by atoms with Crippen molar-refractivity contribution in [2.75, 3.05) is 19.6 Å². The third-order valence-electron chi connectivity index (χ3n) is 8.58. The number of nitrogens with zero attached hydrogens (tertiary/aromatic N) is 4. The van der Waals surface area contributed by atoms with Gasteiger partial charge >= 0.3 is 0 Å². The van der Waals surface area contributed by atoms with E-state index in [2.05, 4.69) is 59.5 Å². The summed E-state index contributed by atoms with van der Waals surface area (Å²) in [6, 6.07) is 20.0. The van der Waals surface area contributed by atoms with Gasteiger partial charge in [-0.15, -0.1) is 0 Å². The zero-order valence-corrected chi connectivity index (χ0v) is 20.8. The van der Waals surface area contributed by atoms with Gasteiger partial charge in [0.15, 0.2) is 5.69 Å². The van der Waals surface area contributed by atoms with E-state index in [1.807, 2.05) is 16.6 Å². The molecule has 1 saturated heterocycles. The summed E-state index contributed by atoms with van der Waals surface area (Å²) in [4.78, 5) is 18.3. The van der Waals surface area contributed by atoms with Crippen LogP contribution >= 0.6 is 0 Å². The van der Waals surface area contributed by atoms with E-state index in [0.29, 0.717) is 18.3 Å². The highest BCUT2D eigenvalue weighted by molar-refractivity contribution is 5.94. The Balaban J connectivity index is 1.12. The van der Waals surface area contributed by atoms with Gasteiger partial charge in [0.05, 0.1) is 0 Å². The largest absolute Gasteiger partial charge is 0.333 e. The average molecular weight is 469 g/mol. The Morgan fingerprint density at radius 2 is 1.66 bits per heavy atom. The van der Waals surface area contributed by atoms with Gasteiger partial charge in [-0.3, -0.25) is 9.48 Å². The van der Waals surface area contributed by atoms with Crippen molar-refractivity contribution in [1.29, 1.82) is 0 Å². The fourth-order valence-corrected chi connectivity index (χ4v) is 6.54. The number of benzene rings is 2. The molecule has 1 aromatic heterocycles. The molecule has 2 aromatic carbocycles. The summed E-state index contributed by atoms with van der Waals surface area (Å²) in [5, 5.41) is 4.77. The minimum absolute atomic E-state index is 0.110. The summed E-state index contributed by atoms with van der Waals surface area (Å²) in [5.41, 5.74) is 7.28. The molecule has 1 unspecified atom stereocenters. The molecule has 2 aliphatic heterocycles. The number of carbonyl (C=O) groups is 1. The van der Waals surface area contributed by atoms with E-state index >= 15 is 0 Å². The van der Waals surface area contributed by atoms with Crippen molar-refractivity contribution in [3.63, 3.8) is 0 Å². The number of hydrogen-bond acceptors (Lipinski definition) is 3. The molecule has 0 bridgehead atoms. The zero-order chi connectivity index (χ0) is 23.8. The summed E-state index contributed by atoms with van der Waals surface area (Å²) < 4.78 is 1.97. The van der Waals surface area contributed by atoms with Crippen LogP contribution in [0.4, 0.5) is 0 Å². The molecule has 3 aliphatic rings. The van der Waals surface area contributed by atoms with Gasteiger partial charge in [0.25, 0.3) is 5.91 Å². The monoisotopic (exact) mass is 468 g/mol. The number of aromatic nitrogens is 2. The minimum atomic E-state index is 0.110. The van der Waals surface area contributed by atoms with Gasteiger partial charge in [0, 0.05) is 37.4 Å². The maximum absolute atomic E-state index is 13.6. The van der Waals surface area contributed by atoms with Gasteiger partial charge in [-0.1, -0.05) is 54.6 Å². The van der Waals surface area contributed by atoms with Crippen molar-refractivity contribution < 1.29 is 4.79 Å². The zero-order valence-electron chi connectivity index (χ0n) is 20.8. The molecule has 1 aliphatic carbocycles. The van der Waals surface area contributed by atoms with Crippen LogP contribution in [0.1, 0.15) is 57.7 Å². The third-order valence-corrected chi connectivity index (χ3v) is 8.58. The number of hydrogen-bond donors (Lipinski definition) is 0. The summed E-state index contributed by atoms with van der Waals surface area (Å²) in [7, 11) is 2.01. The van der Waals surface area contributed by atoms with Gasteiger partial charge in [-0.25, -0.2) is 0 Å². The van der Waals surface area contributed by atoms with E-state index in [1.165, 1.54) is 66.7 Å². The van der Waals surface area contributed by atoms with Crippen LogP contribution in [0.25, 0.3) is 0 Å². The first kappa shape index (κ1) is 22.5. The Hall–Kier alpha value is -2.92. The molecule has 0 N–H and O–H groups in total. The number of carbonyl (C=O) groups excluding carboxylic acids is 1. The molecular formula is C30H36N4O. The third kappa shape index (κ3) is 4.54. The second-order valence-electron chi connectivity index (χ2n) is 10.7. The number of piperidine rings is 1. The molecule has 1 amide bonds. The van der Waals surface area contributed by atoms with Crippen LogP contribution in [0.2, 0.25) is 0 Å². The fourth-order valence-electron chi connectivity index (χ4n) is 6.54. The first-order valence-corrected chi connectivity index (χ1v) is 13.3. The van der Waals surface area contributed by atoms with Crippen LogP contribution in [0.3, 0.4) is 0 Å². The van der Waals surface area contributed by atoms with Gasteiger partial charge in [0.2, 0.25) is 0 Å². The highest BCUT2D eigenvalue weighted by atomic mass is 16.2. The van der Waals surface area contributed by atoms with Crippen molar-refractivity contribution in [3.8, 4) is 0 Å². The van der Waals surface area contributed by atoms with Crippen LogP contribution in [0.5, 0.6) is 0 Å². The van der Waals surface area contributed by atoms with E-state index in [-0.39, 0.29) is 5.91 Å². The van der Waals surface area contributed by atoms with Crippen molar-refractivity contribution in [2.45, 2.75) is 57.5 Å². The van der Waals surface area contributed by atoms with Crippen LogP contribution in [0.15, 0.2) is 54.6 Å². The Kier molecular flexibility index (Phi) is 6.19. The molecule has 0 radical (unpaired) electrons. The Labute approximate surface area is 208 Å². The highest BCUT2D eigenvalue weighted by Crippen LogP contribution is 2.31. The lowest BCUT2D eigenvalue weighted by atomic mass is 9.86. The fraction of sp³-hybridized carbons (Fsp3) is 0.467. The maximum atomic E-state index is 13.6. The lowest BCUT2D eigenvalue weighted by Crippen LogP contribution is -2.45. The SMILES string of the molecule is Cn1nc(C(=O)N2CCc3ccccc3C2)c2c1CCC(N1CCC(Cc3ccccc3)CC1)C2. The molecule has 0 spiro atoms.